The quantitative estimate of drug-likeness (QED) is 0.844. The number of hydrogen-bond donors (Lipinski definition) is 1. The number of benzene rings is 2. The number of hydrogen-bond acceptors (Lipinski definition) is 1. The van der Waals surface area contributed by atoms with E-state index in [1.807, 2.05) is 25.1 Å². The van der Waals surface area contributed by atoms with Crippen LogP contribution in [-0.4, -0.2) is 0 Å². The lowest BCUT2D eigenvalue weighted by atomic mass is 10.0. The van der Waals surface area contributed by atoms with E-state index >= 15 is 0 Å². The van der Waals surface area contributed by atoms with Gasteiger partial charge in [0.1, 0.15) is 5.82 Å². The summed E-state index contributed by atoms with van der Waals surface area (Å²) in [5.74, 6) is -0.147. The van der Waals surface area contributed by atoms with Crippen molar-refractivity contribution in [3.63, 3.8) is 0 Å². The Morgan fingerprint density at radius 3 is 2.32 bits per heavy atom. The van der Waals surface area contributed by atoms with Crippen molar-refractivity contribution in [1.29, 1.82) is 0 Å². The van der Waals surface area contributed by atoms with Crippen molar-refractivity contribution in [2.45, 2.75) is 32.9 Å². The molecule has 2 aromatic rings. The second-order valence-corrected chi connectivity index (χ2v) is 4.75. The minimum absolute atomic E-state index is 0.00566. The lowest BCUT2D eigenvalue weighted by Gasteiger charge is -2.16. The van der Waals surface area contributed by atoms with E-state index in [9.17, 15) is 4.39 Å². The third-order valence-electron chi connectivity index (χ3n) is 3.47. The normalized spacial score (nSPS) is 12.4. The topological polar surface area (TPSA) is 12.0 Å². The van der Waals surface area contributed by atoms with Crippen molar-refractivity contribution in [3.8, 4) is 0 Å². The van der Waals surface area contributed by atoms with E-state index in [4.69, 9.17) is 0 Å². The molecule has 0 saturated carbocycles. The van der Waals surface area contributed by atoms with Crippen LogP contribution in [0.4, 0.5) is 4.39 Å². The molecule has 0 aromatic heterocycles. The molecule has 0 aliphatic rings. The van der Waals surface area contributed by atoms with Gasteiger partial charge < -0.3 is 5.32 Å². The fourth-order valence-corrected chi connectivity index (χ4v) is 2.27. The van der Waals surface area contributed by atoms with E-state index < -0.39 is 0 Å². The van der Waals surface area contributed by atoms with Crippen molar-refractivity contribution in [3.05, 3.63) is 71.0 Å². The number of nitrogens with one attached hydrogen (secondary N) is 1. The van der Waals surface area contributed by atoms with E-state index in [1.54, 1.807) is 6.07 Å². The molecule has 1 atom stereocenters. The van der Waals surface area contributed by atoms with Gasteiger partial charge >= 0.3 is 0 Å². The highest BCUT2D eigenvalue weighted by atomic mass is 19.1. The first-order valence-corrected chi connectivity index (χ1v) is 6.77. The molecular formula is C17H20FN. The molecule has 2 heteroatoms. The highest BCUT2D eigenvalue weighted by Gasteiger charge is 2.10. The van der Waals surface area contributed by atoms with Gasteiger partial charge in [0.2, 0.25) is 0 Å². The van der Waals surface area contributed by atoms with Crippen LogP contribution in [0.2, 0.25) is 0 Å². The van der Waals surface area contributed by atoms with Crippen molar-refractivity contribution in [2.24, 2.45) is 0 Å². The molecule has 0 heterocycles. The summed E-state index contributed by atoms with van der Waals surface area (Å²) < 4.78 is 13.7. The van der Waals surface area contributed by atoms with Gasteiger partial charge in [-0.05, 0) is 30.5 Å². The van der Waals surface area contributed by atoms with Gasteiger partial charge in [-0.2, -0.15) is 0 Å². The molecule has 0 saturated heterocycles. The molecular weight excluding hydrogens is 237 g/mol. The monoisotopic (exact) mass is 257 g/mol. The molecule has 0 spiro atoms. The Kier molecular flexibility index (Phi) is 4.69. The van der Waals surface area contributed by atoms with Crippen LogP contribution >= 0.6 is 0 Å². The molecule has 0 aliphatic heterocycles. The van der Waals surface area contributed by atoms with Crippen molar-refractivity contribution in [2.75, 3.05) is 0 Å². The Bertz CT molecular complexity index is 536. The summed E-state index contributed by atoms with van der Waals surface area (Å²) in [7, 11) is 0. The highest BCUT2D eigenvalue weighted by molar-refractivity contribution is 5.27. The van der Waals surface area contributed by atoms with Gasteiger partial charge in [0.15, 0.2) is 0 Å². The van der Waals surface area contributed by atoms with Crippen LogP contribution in [0.3, 0.4) is 0 Å². The summed E-state index contributed by atoms with van der Waals surface area (Å²) in [6.45, 7) is 4.91. The minimum atomic E-state index is -0.147. The first-order chi connectivity index (χ1) is 9.22. The summed E-state index contributed by atoms with van der Waals surface area (Å²) in [5.41, 5.74) is 3.35. The Morgan fingerprint density at radius 1 is 1.00 bits per heavy atom. The van der Waals surface area contributed by atoms with Crippen molar-refractivity contribution >= 4 is 0 Å². The largest absolute Gasteiger partial charge is 0.306 e. The summed E-state index contributed by atoms with van der Waals surface area (Å²) >= 11 is 0. The number of halogens is 1. The Balaban J connectivity index is 2.04. The highest BCUT2D eigenvalue weighted by Crippen LogP contribution is 2.17. The molecule has 0 bridgehead atoms. The lowest BCUT2D eigenvalue weighted by molar-refractivity contribution is 0.527. The van der Waals surface area contributed by atoms with E-state index in [1.165, 1.54) is 17.2 Å². The molecule has 0 fully saturated rings. The number of rotatable bonds is 5. The van der Waals surface area contributed by atoms with Crippen LogP contribution in [0, 0.1) is 5.82 Å². The Labute approximate surface area is 114 Å². The van der Waals surface area contributed by atoms with E-state index in [2.05, 4.69) is 30.4 Å². The fraction of sp³-hybridized carbons (Fsp3) is 0.294. The van der Waals surface area contributed by atoms with E-state index in [0.29, 0.717) is 0 Å². The van der Waals surface area contributed by atoms with Gasteiger partial charge in [-0.25, -0.2) is 4.39 Å². The van der Waals surface area contributed by atoms with Gasteiger partial charge in [-0.3, -0.25) is 0 Å². The third kappa shape index (κ3) is 3.42. The predicted octanol–water partition coefficient (Wildman–Crippen LogP) is 4.24. The van der Waals surface area contributed by atoms with Crippen LogP contribution in [0.1, 0.15) is 36.6 Å². The molecule has 2 rings (SSSR count). The average Bonchev–Trinajstić information content (AvgIpc) is 2.45. The van der Waals surface area contributed by atoms with E-state index in [0.717, 1.165) is 18.5 Å². The fourth-order valence-electron chi connectivity index (χ4n) is 2.27. The van der Waals surface area contributed by atoms with Gasteiger partial charge in [0, 0.05) is 18.2 Å². The zero-order chi connectivity index (χ0) is 13.7. The Hall–Kier alpha value is -1.67. The van der Waals surface area contributed by atoms with E-state index in [-0.39, 0.29) is 11.9 Å². The molecule has 1 unspecified atom stereocenters. The molecule has 100 valence electrons. The average molecular weight is 257 g/mol. The minimum Gasteiger partial charge on any atom is -0.306 e. The van der Waals surface area contributed by atoms with Gasteiger partial charge in [-0.15, -0.1) is 0 Å². The van der Waals surface area contributed by atoms with Crippen molar-refractivity contribution < 1.29 is 4.39 Å². The second kappa shape index (κ2) is 6.48. The summed E-state index contributed by atoms with van der Waals surface area (Å²) in [5, 5.41) is 3.39. The van der Waals surface area contributed by atoms with Crippen LogP contribution in [0.15, 0.2) is 48.5 Å². The zero-order valence-electron chi connectivity index (χ0n) is 11.5. The molecule has 0 radical (unpaired) electrons. The summed E-state index contributed by atoms with van der Waals surface area (Å²) in [4.78, 5) is 0. The first kappa shape index (κ1) is 13.8. The van der Waals surface area contributed by atoms with Crippen molar-refractivity contribution in [1.82, 2.24) is 5.32 Å². The van der Waals surface area contributed by atoms with Gasteiger partial charge in [-0.1, -0.05) is 49.4 Å². The SMILES string of the molecule is CCc1ccccc1CNC(C)c1ccccc1F. The lowest BCUT2D eigenvalue weighted by Crippen LogP contribution is -2.19. The maximum atomic E-state index is 13.7. The smallest absolute Gasteiger partial charge is 0.127 e. The Morgan fingerprint density at radius 2 is 1.63 bits per heavy atom. The molecule has 2 aromatic carbocycles. The molecule has 1 N–H and O–H groups in total. The van der Waals surface area contributed by atoms with Crippen LogP contribution in [0.25, 0.3) is 0 Å². The summed E-state index contributed by atoms with van der Waals surface area (Å²) in [6, 6.07) is 15.3. The predicted molar refractivity (Wildman–Crippen MR) is 77.5 cm³/mol. The molecule has 1 nitrogen and oxygen atoms in total. The maximum Gasteiger partial charge on any atom is 0.127 e. The molecule has 0 amide bonds. The molecule has 0 aliphatic carbocycles. The van der Waals surface area contributed by atoms with Gasteiger partial charge in [0.05, 0.1) is 0 Å². The maximum absolute atomic E-state index is 13.7. The summed E-state index contributed by atoms with van der Waals surface area (Å²) in [6.07, 6.45) is 1.02. The van der Waals surface area contributed by atoms with Gasteiger partial charge in [0.25, 0.3) is 0 Å². The van der Waals surface area contributed by atoms with Crippen LogP contribution in [0.5, 0.6) is 0 Å². The second-order valence-electron chi connectivity index (χ2n) is 4.75. The molecule has 19 heavy (non-hydrogen) atoms. The van der Waals surface area contributed by atoms with Crippen LogP contribution in [-0.2, 0) is 13.0 Å². The first-order valence-electron chi connectivity index (χ1n) is 6.77. The number of aryl methyl sites for hydroxylation is 1. The van der Waals surface area contributed by atoms with Crippen LogP contribution < -0.4 is 5.32 Å². The zero-order valence-corrected chi connectivity index (χ0v) is 11.5. The third-order valence-corrected chi connectivity index (χ3v) is 3.47. The standard InChI is InChI=1S/C17H20FN/c1-3-14-8-4-5-9-15(14)12-19-13(2)16-10-6-7-11-17(16)18/h4-11,13,19H,3,12H2,1-2H3.